The third-order valence-electron chi connectivity index (χ3n) is 5.53. The van der Waals surface area contributed by atoms with Gasteiger partial charge in [-0.3, -0.25) is 0 Å². The monoisotopic (exact) mass is 402 g/mol. The topological polar surface area (TPSA) is 49.6 Å². The van der Waals surface area contributed by atoms with Crippen LogP contribution >= 0.6 is 0 Å². The fraction of sp³-hybridized carbons (Fsp3) is 0.450. The van der Waals surface area contributed by atoms with Crippen LogP contribution in [0.1, 0.15) is 36.0 Å². The average molecular weight is 402 g/mol. The second-order valence-corrected chi connectivity index (χ2v) is 7.72. The van der Waals surface area contributed by atoms with Gasteiger partial charge in [0, 0.05) is 50.6 Å². The maximum Gasteiger partial charge on any atom is 0.433 e. The molecule has 1 saturated heterocycles. The van der Waals surface area contributed by atoms with E-state index in [1.165, 1.54) is 19.8 Å². The van der Waals surface area contributed by atoms with Crippen molar-refractivity contribution < 1.29 is 13.2 Å². The van der Waals surface area contributed by atoms with E-state index < -0.39 is 11.9 Å². The fourth-order valence-corrected chi connectivity index (χ4v) is 3.82. The van der Waals surface area contributed by atoms with Gasteiger partial charge in [0.25, 0.3) is 0 Å². The van der Waals surface area contributed by atoms with Gasteiger partial charge in [-0.15, -0.1) is 0 Å². The number of hydrogen-bond donors (Lipinski definition) is 0. The number of anilines is 2. The number of alkyl halides is 3. The molecule has 9 heteroatoms. The molecule has 0 amide bonds. The van der Waals surface area contributed by atoms with Gasteiger partial charge in [0.1, 0.15) is 23.0 Å². The first kappa shape index (κ1) is 18.2. The second kappa shape index (κ2) is 6.60. The number of imidazole rings is 1. The maximum atomic E-state index is 13.1. The number of nitrogens with zero attached hydrogens (tertiary/aromatic N) is 6. The summed E-state index contributed by atoms with van der Waals surface area (Å²) in [6.45, 7) is 4.11. The quantitative estimate of drug-likeness (QED) is 0.669. The zero-order valence-electron chi connectivity index (χ0n) is 16.0. The lowest BCUT2D eigenvalue weighted by atomic mass is 10.2. The summed E-state index contributed by atoms with van der Waals surface area (Å²) >= 11 is 0. The molecule has 0 radical (unpaired) electrons. The molecule has 1 aliphatic heterocycles. The molecule has 0 N–H and O–H groups in total. The van der Waals surface area contributed by atoms with Crippen molar-refractivity contribution in [1.82, 2.24) is 19.4 Å². The minimum Gasteiger partial charge on any atom is -0.367 e. The lowest BCUT2D eigenvalue weighted by Crippen LogP contribution is -2.47. The largest absolute Gasteiger partial charge is 0.433 e. The molecule has 1 aliphatic carbocycles. The highest BCUT2D eigenvalue weighted by Gasteiger charge is 2.34. The number of aryl methyl sites for hydroxylation is 1. The number of fused-ring (bicyclic) bond motifs is 1. The predicted octanol–water partition coefficient (Wildman–Crippen LogP) is 3.66. The van der Waals surface area contributed by atoms with Gasteiger partial charge < -0.3 is 14.2 Å². The minimum atomic E-state index is -4.47. The first-order chi connectivity index (χ1) is 13.9. The Kier molecular flexibility index (Phi) is 4.15. The molecular weight excluding hydrogens is 381 g/mol. The number of aromatic nitrogens is 4. The molecule has 29 heavy (non-hydrogen) atoms. The van der Waals surface area contributed by atoms with Crippen molar-refractivity contribution in [3.63, 3.8) is 0 Å². The van der Waals surface area contributed by atoms with Crippen LogP contribution in [0.2, 0.25) is 0 Å². The summed E-state index contributed by atoms with van der Waals surface area (Å²) in [7, 11) is 0. The smallest absolute Gasteiger partial charge is 0.367 e. The van der Waals surface area contributed by atoms with Crippen molar-refractivity contribution in [2.45, 2.75) is 31.9 Å². The van der Waals surface area contributed by atoms with E-state index in [1.807, 2.05) is 11.0 Å². The lowest BCUT2D eigenvalue weighted by molar-refractivity contribution is -0.141. The maximum absolute atomic E-state index is 13.1. The molecule has 2 aliphatic rings. The number of rotatable bonds is 3. The Morgan fingerprint density at radius 2 is 1.66 bits per heavy atom. The van der Waals surface area contributed by atoms with Crippen molar-refractivity contribution in [2.24, 2.45) is 0 Å². The van der Waals surface area contributed by atoms with Gasteiger partial charge in [-0.1, -0.05) is 0 Å². The molecule has 0 bridgehead atoms. The molecule has 0 aromatic carbocycles. The molecule has 0 atom stereocenters. The van der Waals surface area contributed by atoms with Crippen molar-refractivity contribution in [2.75, 3.05) is 36.0 Å². The Morgan fingerprint density at radius 1 is 0.931 bits per heavy atom. The van der Waals surface area contributed by atoms with Crippen LogP contribution in [0.4, 0.5) is 24.7 Å². The highest BCUT2D eigenvalue weighted by Crippen LogP contribution is 2.39. The first-order valence-electron chi connectivity index (χ1n) is 9.78. The highest BCUT2D eigenvalue weighted by atomic mass is 19.4. The third kappa shape index (κ3) is 3.61. The van der Waals surface area contributed by atoms with E-state index >= 15 is 0 Å². The molecular formula is C20H21F3N6. The van der Waals surface area contributed by atoms with Crippen molar-refractivity contribution in [3.8, 4) is 0 Å². The van der Waals surface area contributed by atoms with Gasteiger partial charge in [-0.2, -0.15) is 13.2 Å². The van der Waals surface area contributed by atoms with E-state index in [1.54, 1.807) is 0 Å². The van der Waals surface area contributed by atoms with Gasteiger partial charge in [0.05, 0.1) is 11.4 Å². The number of piperazine rings is 1. The Labute approximate surface area is 166 Å². The predicted molar refractivity (Wildman–Crippen MR) is 103 cm³/mol. The van der Waals surface area contributed by atoms with Crippen LogP contribution in [-0.2, 0) is 6.18 Å². The minimum absolute atomic E-state index is 0.134. The summed E-state index contributed by atoms with van der Waals surface area (Å²) in [5, 5.41) is 0. The van der Waals surface area contributed by atoms with Crippen LogP contribution in [0.25, 0.3) is 5.65 Å². The Morgan fingerprint density at radius 3 is 2.34 bits per heavy atom. The van der Waals surface area contributed by atoms with Crippen molar-refractivity contribution >= 4 is 17.2 Å². The normalized spacial score (nSPS) is 17.9. The van der Waals surface area contributed by atoms with E-state index in [4.69, 9.17) is 0 Å². The number of pyridine rings is 1. The van der Waals surface area contributed by atoms with Crippen LogP contribution in [0.15, 0.2) is 30.6 Å². The summed E-state index contributed by atoms with van der Waals surface area (Å²) in [5.41, 5.74) is 2.31. The second-order valence-electron chi connectivity index (χ2n) is 7.72. The van der Waals surface area contributed by atoms with Gasteiger partial charge in [-0.05, 0) is 31.9 Å². The zero-order valence-corrected chi connectivity index (χ0v) is 16.0. The van der Waals surface area contributed by atoms with E-state index in [9.17, 15) is 13.2 Å². The summed E-state index contributed by atoms with van der Waals surface area (Å²) in [6.07, 6.45) is 2.16. The lowest BCUT2D eigenvalue weighted by Gasteiger charge is -2.36. The molecule has 3 aromatic rings. The highest BCUT2D eigenvalue weighted by molar-refractivity contribution is 5.54. The van der Waals surface area contributed by atoms with Crippen LogP contribution in [0.3, 0.4) is 0 Å². The van der Waals surface area contributed by atoms with Crippen LogP contribution in [0.5, 0.6) is 0 Å². The van der Waals surface area contributed by atoms with Crippen molar-refractivity contribution in [1.29, 1.82) is 0 Å². The molecule has 2 fully saturated rings. The van der Waals surface area contributed by atoms with Crippen LogP contribution in [0, 0.1) is 6.92 Å². The molecule has 3 aromatic heterocycles. The number of halogens is 3. The molecule has 0 unspecified atom stereocenters. The van der Waals surface area contributed by atoms with Crippen LogP contribution in [-0.4, -0.2) is 45.5 Å². The van der Waals surface area contributed by atoms with E-state index in [0.717, 1.165) is 23.1 Å². The molecule has 0 spiro atoms. The average Bonchev–Trinajstić information content (AvgIpc) is 3.46. The SMILES string of the molecule is Cc1nc(N2CCN(c3ccc4nc(C5CC5)cn4c3)CC2)cc(C(F)(F)F)n1. The summed E-state index contributed by atoms with van der Waals surface area (Å²) in [4.78, 5) is 16.6. The van der Waals surface area contributed by atoms with Gasteiger partial charge in [0.15, 0.2) is 0 Å². The Bertz CT molecular complexity index is 1050. The first-order valence-corrected chi connectivity index (χ1v) is 9.78. The molecule has 152 valence electrons. The van der Waals surface area contributed by atoms with Gasteiger partial charge in [-0.25, -0.2) is 15.0 Å². The summed E-state index contributed by atoms with van der Waals surface area (Å²) in [5.74, 6) is 1.08. The molecule has 4 heterocycles. The fourth-order valence-electron chi connectivity index (χ4n) is 3.82. The Hall–Kier alpha value is -2.84. The standard InChI is InChI=1S/C20H21F3N6/c1-13-24-17(20(21,22)23)10-19(25-13)28-8-6-27(7-9-28)15-4-5-18-26-16(14-2-3-14)12-29(18)11-15/h4-5,10-12,14H,2-3,6-9H2,1H3. The van der Waals surface area contributed by atoms with Crippen LogP contribution < -0.4 is 9.80 Å². The summed E-state index contributed by atoms with van der Waals surface area (Å²) in [6, 6.07) is 5.13. The molecule has 6 nitrogen and oxygen atoms in total. The van der Waals surface area contributed by atoms with Gasteiger partial charge in [0.2, 0.25) is 0 Å². The van der Waals surface area contributed by atoms with E-state index in [-0.39, 0.29) is 5.82 Å². The third-order valence-corrected chi connectivity index (χ3v) is 5.53. The zero-order chi connectivity index (χ0) is 20.2. The molecule has 5 rings (SSSR count). The molecule has 1 saturated carbocycles. The van der Waals surface area contributed by atoms with Crippen molar-refractivity contribution in [3.05, 3.63) is 47.8 Å². The van der Waals surface area contributed by atoms with Gasteiger partial charge >= 0.3 is 6.18 Å². The Balaban J connectivity index is 1.31. The summed E-state index contributed by atoms with van der Waals surface area (Å²) < 4.78 is 41.2. The van der Waals surface area contributed by atoms with E-state index in [0.29, 0.717) is 37.9 Å². The number of hydrogen-bond acceptors (Lipinski definition) is 5. The van der Waals surface area contributed by atoms with E-state index in [2.05, 4.69) is 42.7 Å².